The minimum atomic E-state index is 0.503. The van der Waals surface area contributed by atoms with Crippen LogP contribution >= 0.6 is 15.9 Å². The number of nitrogens with one attached hydrogen (secondary N) is 1. The van der Waals surface area contributed by atoms with Gasteiger partial charge in [-0.1, -0.05) is 29.8 Å². The minimum Gasteiger partial charge on any atom is -0.396 e. The molecule has 21 heavy (non-hydrogen) atoms. The molecule has 1 aliphatic rings. The number of nitrogens with two attached hydrogens (primary N) is 1. The van der Waals surface area contributed by atoms with Crippen LogP contribution in [0.3, 0.4) is 0 Å². The van der Waals surface area contributed by atoms with Gasteiger partial charge in [-0.05, 0) is 49.3 Å². The number of hydrogen-bond acceptors (Lipinski definition) is 3. The maximum Gasteiger partial charge on any atom is 0.0743 e. The highest BCUT2D eigenvalue weighted by molar-refractivity contribution is 9.10. The highest BCUT2D eigenvalue weighted by Crippen LogP contribution is 2.35. The fourth-order valence-electron chi connectivity index (χ4n) is 3.22. The predicted molar refractivity (Wildman–Crippen MR) is 93.4 cm³/mol. The highest BCUT2D eigenvalue weighted by Gasteiger charge is 2.25. The van der Waals surface area contributed by atoms with Gasteiger partial charge < -0.3 is 11.1 Å². The van der Waals surface area contributed by atoms with E-state index in [4.69, 9.17) is 5.73 Å². The number of hydrogen-bond donors (Lipinski definition) is 2. The van der Waals surface area contributed by atoms with Crippen LogP contribution in [0.15, 0.2) is 28.9 Å². The molecule has 0 aliphatic heterocycles. The number of rotatable bonds is 2. The Labute approximate surface area is 134 Å². The Morgan fingerprint density at radius 2 is 2.05 bits per heavy atom. The van der Waals surface area contributed by atoms with E-state index in [0.29, 0.717) is 6.04 Å². The lowest BCUT2D eigenvalue weighted by Crippen LogP contribution is -2.30. The molecule has 3 unspecified atom stereocenters. The van der Waals surface area contributed by atoms with E-state index in [0.717, 1.165) is 38.6 Å². The van der Waals surface area contributed by atoms with Crippen molar-refractivity contribution < 1.29 is 0 Å². The van der Waals surface area contributed by atoms with E-state index in [9.17, 15) is 0 Å². The molecule has 0 radical (unpaired) electrons. The van der Waals surface area contributed by atoms with Gasteiger partial charge in [0.25, 0.3) is 0 Å². The van der Waals surface area contributed by atoms with Crippen molar-refractivity contribution in [3.8, 4) is 0 Å². The van der Waals surface area contributed by atoms with Crippen LogP contribution in [0.2, 0.25) is 0 Å². The van der Waals surface area contributed by atoms with Gasteiger partial charge in [0, 0.05) is 15.9 Å². The summed E-state index contributed by atoms with van der Waals surface area (Å²) in [6.45, 7) is 4.71. The number of anilines is 2. The van der Waals surface area contributed by atoms with E-state index >= 15 is 0 Å². The fourth-order valence-corrected chi connectivity index (χ4v) is 3.59. The van der Waals surface area contributed by atoms with Crippen LogP contribution in [0, 0.1) is 11.8 Å². The second-order valence-electron chi connectivity index (χ2n) is 6.36. The third-order valence-electron chi connectivity index (χ3n) is 4.81. The smallest absolute Gasteiger partial charge is 0.0743 e. The van der Waals surface area contributed by atoms with E-state index in [2.05, 4.69) is 46.1 Å². The molecular weight excluding hydrogens is 326 g/mol. The largest absolute Gasteiger partial charge is 0.396 e. The number of pyridine rings is 1. The molecule has 1 fully saturated rings. The molecule has 3 rings (SSSR count). The number of halogens is 1. The number of nitrogens with zero attached hydrogens (tertiary/aromatic N) is 1. The van der Waals surface area contributed by atoms with Crippen LogP contribution in [0.25, 0.3) is 10.9 Å². The molecule has 3 atom stereocenters. The quantitative estimate of drug-likeness (QED) is 0.818. The first-order valence-electron chi connectivity index (χ1n) is 7.65. The first-order chi connectivity index (χ1) is 10.0. The summed E-state index contributed by atoms with van der Waals surface area (Å²) in [6.07, 6.45) is 5.46. The Hall–Kier alpha value is -1.29. The molecule has 1 aromatic heterocycles. The summed E-state index contributed by atoms with van der Waals surface area (Å²) in [4.78, 5) is 4.42. The summed E-state index contributed by atoms with van der Waals surface area (Å²) in [7, 11) is 0. The van der Waals surface area contributed by atoms with Crippen LogP contribution < -0.4 is 11.1 Å². The predicted octanol–water partition coefficient (Wildman–Crippen LogP) is 4.82. The van der Waals surface area contributed by atoms with Crippen LogP contribution in [0.5, 0.6) is 0 Å². The summed E-state index contributed by atoms with van der Waals surface area (Å²) in [6, 6.07) is 6.63. The summed E-state index contributed by atoms with van der Waals surface area (Å²) in [5.41, 5.74) is 8.92. The third kappa shape index (κ3) is 3.00. The molecule has 2 aromatic rings. The van der Waals surface area contributed by atoms with Gasteiger partial charge >= 0.3 is 0 Å². The molecule has 0 bridgehead atoms. The Balaban J connectivity index is 1.93. The Morgan fingerprint density at radius 3 is 2.81 bits per heavy atom. The zero-order chi connectivity index (χ0) is 15.0. The molecule has 0 spiro atoms. The van der Waals surface area contributed by atoms with E-state index in [1.54, 1.807) is 6.20 Å². The van der Waals surface area contributed by atoms with E-state index < -0.39 is 0 Å². The molecule has 1 saturated carbocycles. The Kier molecular flexibility index (Phi) is 4.07. The topological polar surface area (TPSA) is 50.9 Å². The molecule has 3 nitrogen and oxygen atoms in total. The van der Waals surface area contributed by atoms with Crippen molar-refractivity contribution in [3.63, 3.8) is 0 Å². The standard InChI is InChI=1S/C17H22BrN3/c1-10-3-5-13(7-11(10)2)21-17-14-8-12(18)4-6-16(14)20-9-15(17)19/h4,6,8-11,13H,3,5,7,19H2,1-2H3,(H,20,21). The minimum absolute atomic E-state index is 0.503. The molecule has 0 amide bonds. The monoisotopic (exact) mass is 347 g/mol. The zero-order valence-electron chi connectivity index (χ0n) is 12.6. The second-order valence-corrected chi connectivity index (χ2v) is 7.27. The molecule has 4 heteroatoms. The van der Waals surface area contributed by atoms with Crippen molar-refractivity contribution in [1.82, 2.24) is 4.98 Å². The van der Waals surface area contributed by atoms with E-state index in [1.807, 2.05) is 12.1 Å². The lowest BCUT2D eigenvalue weighted by atomic mass is 9.79. The van der Waals surface area contributed by atoms with Gasteiger partial charge in [-0.25, -0.2) is 0 Å². The zero-order valence-corrected chi connectivity index (χ0v) is 14.2. The first kappa shape index (κ1) is 14.6. The van der Waals surface area contributed by atoms with Crippen molar-refractivity contribution in [2.75, 3.05) is 11.1 Å². The second kappa shape index (κ2) is 5.84. The number of nitrogen functional groups attached to an aromatic ring is 1. The highest BCUT2D eigenvalue weighted by atomic mass is 79.9. The average Bonchev–Trinajstić information content (AvgIpc) is 2.46. The SMILES string of the molecule is CC1CCC(Nc2c(N)cnc3ccc(Br)cc23)CC1C. The summed E-state index contributed by atoms with van der Waals surface area (Å²) in [5.74, 6) is 1.58. The first-order valence-corrected chi connectivity index (χ1v) is 8.44. The number of fused-ring (bicyclic) bond motifs is 1. The van der Waals surface area contributed by atoms with Crippen molar-refractivity contribution in [3.05, 3.63) is 28.9 Å². The van der Waals surface area contributed by atoms with E-state index in [1.165, 1.54) is 19.3 Å². The summed E-state index contributed by atoms with van der Waals surface area (Å²) in [5, 5.41) is 4.78. The Morgan fingerprint density at radius 1 is 1.24 bits per heavy atom. The molecule has 1 aliphatic carbocycles. The number of benzene rings is 1. The van der Waals surface area contributed by atoms with Crippen LogP contribution in [0.4, 0.5) is 11.4 Å². The molecule has 1 heterocycles. The van der Waals surface area contributed by atoms with Gasteiger partial charge in [-0.2, -0.15) is 0 Å². The average molecular weight is 348 g/mol. The van der Waals surface area contributed by atoms with Gasteiger partial charge in [-0.3, -0.25) is 4.98 Å². The number of aromatic nitrogens is 1. The molecular formula is C17H22BrN3. The molecule has 112 valence electrons. The summed E-state index contributed by atoms with van der Waals surface area (Å²) >= 11 is 3.54. The normalized spacial score (nSPS) is 26.0. The fraction of sp³-hybridized carbons (Fsp3) is 0.471. The van der Waals surface area contributed by atoms with Gasteiger partial charge in [0.2, 0.25) is 0 Å². The van der Waals surface area contributed by atoms with Crippen molar-refractivity contribution in [2.24, 2.45) is 11.8 Å². The van der Waals surface area contributed by atoms with Crippen molar-refractivity contribution >= 4 is 38.2 Å². The van der Waals surface area contributed by atoms with E-state index in [-0.39, 0.29) is 0 Å². The maximum absolute atomic E-state index is 6.18. The van der Waals surface area contributed by atoms with Gasteiger partial charge in [0.15, 0.2) is 0 Å². The van der Waals surface area contributed by atoms with Gasteiger partial charge in [0.1, 0.15) is 0 Å². The molecule has 3 N–H and O–H groups in total. The van der Waals surface area contributed by atoms with Crippen molar-refractivity contribution in [2.45, 2.75) is 39.2 Å². The van der Waals surface area contributed by atoms with Gasteiger partial charge in [0.05, 0.1) is 23.1 Å². The third-order valence-corrected chi connectivity index (χ3v) is 5.30. The Bertz CT molecular complexity index is 651. The van der Waals surface area contributed by atoms with Crippen LogP contribution in [-0.4, -0.2) is 11.0 Å². The lowest BCUT2D eigenvalue weighted by Gasteiger charge is -2.33. The lowest BCUT2D eigenvalue weighted by molar-refractivity contribution is 0.261. The molecule has 1 aromatic carbocycles. The summed E-state index contributed by atoms with van der Waals surface area (Å²) < 4.78 is 1.05. The van der Waals surface area contributed by atoms with Crippen LogP contribution in [-0.2, 0) is 0 Å². The van der Waals surface area contributed by atoms with Crippen LogP contribution in [0.1, 0.15) is 33.1 Å². The molecule has 0 saturated heterocycles. The van der Waals surface area contributed by atoms with Gasteiger partial charge in [-0.15, -0.1) is 0 Å². The maximum atomic E-state index is 6.18. The van der Waals surface area contributed by atoms with Crippen molar-refractivity contribution in [1.29, 1.82) is 0 Å².